The van der Waals surface area contributed by atoms with Gasteiger partial charge in [-0.05, 0) is 29.8 Å². The third kappa shape index (κ3) is 5.44. The molecule has 0 bridgehead atoms. The number of halogens is 7. The molecule has 0 unspecified atom stereocenters. The Bertz CT molecular complexity index is 1150. The van der Waals surface area contributed by atoms with Gasteiger partial charge in [0.2, 0.25) is 5.91 Å². The molecule has 32 heavy (non-hydrogen) atoms. The van der Waals surface area contributed by atoms with E-state index in [2.05, 4.69) is 15.1 Å². The molecule has 3 rings (SSSR count). The third-order valence-corrected chi connectivity index (χ3v) is 4.52. The number of amides is 1. The van der Waals surface area contributed by atoms with E-state index >= 15 is 0 Å². The predicted molar refractivity (Wildman–Crippen MR) is 102 cm³/mol. The number of nitrogens with two attached hydrogens (primary N) is 1. The van der Waals surface area contributed by atoms with Crippen molar-refractivity contribution in [3.63, 3.8) is 0 Å². The SMILES string of the molecule is NC(=O)/C(=C/n1cnc(-c2cc(C(F)(F)F)cc(C(F)(F)F)c2)n1)Cc1cccnc1Cl. The van der Waals surface area contributed by atoms with Crippen LogP contribution in [-0.2, 0) is 23.6 Å². The summed E-state index contributed by atoms with van der Waals surface area (Å²) in [6.45, 7) is 0. The molecule has 0 saturated carbocycles. The van der Waals surface area contributed by atoms with Crippen molar-refractivity contribution in [3.8, 4) is 11.4 Å². The lowest BCUT2D eigenvalue weighted by Crippen LogP contribution is -2.16. The fourth-order valence-electron chi connectivity index (χ4n) is 2.67. The number of nitrogens with zero attached hydrogens (tertiary/aromatic N) is 4. The Hall–Kier alpha value is -3.41. The van der Waals surface area contributed by atoms with Crippen molar-refractivity contribution in [2.24, 2.45) is 5.73 Å². The molecular formula is C19H12ClF6N5O. The highest BCUT2D eigenvalue weighted by molar-refractivity contribution is 6.30. The minimum atomic E-state index is -5.01. The van der Waals surface area contributed by atoms with Crippen LogP contribution in [0.25, 0.3) is 17.6 Å². The maximum atomic E-state index is 13.1. The van der Waals surface area contributed by atoms with Crippen LogP contribution >= 0.6 is 11.6 Å². The predicted octanol–water partition coefficient (Wildman–Crippen LogP) is 4.60. The molecule has 2 aromatic heterocycles. The van der Waals surface area contributed by atoms with E-state index in [0.717, 1.165) is 17.2 Å². The molecule has 2 N–H and O–H groups in total. The molecule has 0 saturated heterocycles. The number of pyridine rings is 1. The van der Waals surface area contributed by atoms with Gasteiger partial charge >= 0.3 is 12.4 Å². The van der Waals surface area contributed by atoms with Crippen molar-refractivity contribution in [1.29, 1.82) is 0 Å². The van der Waals surface area contributed by atoms with E-state index in [4.69, 9.17) is 17.3 Å². The summed E-state index contributed by atoms with van der Waals surface area (Å²) in [6.07, 6.45) is -6.48. The van der Waals surface area contributed by atoms with Gasteiger partial charge in [0.15, 0.2) is 5.82 Å². The molecule has 0 aliphatic heterocycles. The highest BCUT2D eigenvalue weighted by Gasteiger charge is 2.37. The average molecular weight is 476 g/mol. The fraction of sp³-hybridized carbons (Fsp3) is 0.158. The Morgan fingerprint density at radius 2 is 1.69 bits per heavy atom. The zero-order chi connectivity index (χ0) is 23.7. The largest absolute Gasteiger partial charge is 0.416 e. The summed E-state index contributed by atoms with van der Waals surface area (Å²) in [5.74, 6) is -1.26. The molecule has 1 aromatic carbocycles. The maximum absolute atomic E-state index is 13.1. The second kappa shape index (κ2) is 8.61. The highest BCUT2D eigenvalue weighted by atomic mass is 35.5. The summed E-state index contributed by atoms with van der Waals surface area (Å²) in [5.41, 5.74) is 2.31. The Balaban J connectivity index is 2.00. The van der Waals surface area contributed by atoms with Gasteiger partial charge in [0.1, 0.15) is 11.5 Å². The van der Waals surface area contributed by atoms with Crippen molar-refractivity contribution in [1.82, 2.24) is 19.7 Å². The van der Waals surface area contributed by atoms with E-state index in [1.54, 1.807) is 12.1 Å². The lowest BCUT2D eigenvalue weighted by atomic mass is 10.0. The van der Waals surface area contributed by atoms with Crippen LogP contribution in [0.1, 0.15) is 16.7 Å². The smallest absolute Gasteiger partial charge is 0.366 e. The minimum Gasteiger partial charge on any atom is -0.366 e. The Morgan fingerprint density at radius 3 is 2.22 bits per heavy atom. The lowest BCUT2D eigenvalue weighted by molar-refractivity contribution is -0.143. The summed E-state index contributed by atoms with van der Waals surface area (Å²) in [7, 11) is 0. The van der Waals surface area contributed by atoms with Crippen LogP contribution in [0.2, 0.25) is 5.15 Å². The number of hydrogen-bond donors (Lipinski definition) is 1. The van der Waals surface area contributed by atoms with E-state index in [0.29, 0.717) is 17.7 Å². The van der Waals surface area contributed by atoms with E-state index in [1.165, 1.54) is 6.20 Å². The first kappa shape index (κ1) is 23.3. The number of hydrogen-bond acceptors (Lipinski definition) is 4. The Kier molecular flexibility index (Phi) is 6.26. The summed E-state index contributed by atoms with van der Waals surface area (Å²) in [5, 5.41) is 3.98. The molecule has 0 atom stereocenters. The van der Waals surface area contributed by atoms with Crippen LogP contribution in [0.4, 0.5) is 26.3 Å². The standard InChI is InChI=1S/C19H12ClF6N5O/c20-15-10(2-1-3-28-15)4-12(16(27)32)8-31-9-29-17(30-31)11-5-13(18(21,22)23)7-14(6-11)19(24,25)26/h1-3,5-9H,4H2,(H2,27,32)/b12-8+. The number of aromatic nitrogens is 4. The molecule has 168 valence electrons. The van der Waals surface area contributed by atoms with Crippen molar-refractivity contribution in [2.45, 2.75) is 18.8 Å². The lowest BCUT2D eigenvalue weighted by Gasteiger charge is -2.13. The molecule has 0 fully saturated rings. The number of benzene rings is 1. The third-order valence-electron chi connectivity index (χ3n) is 4.18. The molecule has 13 heteroatoms. The van der Waals surface area contributed by atoms with Gasteiger partial charge in [0.05, 0.1) is 11.1 Å². The van der Waals surface area contributed by atoms with Crippen LogP contribution in [0, 0.1) is 0 Å². The first-order valence-electron chi connectivity index (χ1n) is 8.65. The van der Waals surface area contributed by atoms with Crippen LogP contribution in [0.5, 0.6) is 0 Å². The summed E-state index contributed by atoms with van der Waals surface area (Å²) >= 11 is 5.95. The van der Waals surface area contributed by atoms with E-state index < -0.39 is 40.8 Å². The first-order valence-corrected chi connectivity index (χ1v) is 9.03. The van der Waals surface area contributed by atoms with Gasteiger partial charge in [-0.2, -0.15) is 26.3 Å². The Labute approximate surface area is 181 Å². The van der Waals surface area contributed by atoms with Crippen LogP contribution in [0.3, 0.4) is 0 Å². The van der Waals surface area contributed by atoms with Crippen LogP contribution in [0.15, 0.2) is 48.4 Å². The number of primary amides is 1. The van der Waals surface area contributed by atoms with Gasteiger partial charge in [0, 0.05) is 30.0 Å². The zero-order valence-electron chi connectivity index (χ0n) is 15.7. The molecule has 1 amide bonds. The number of carbonyl (C=O) groups is 1. The molecule has 0 radical (unpaired) electrons. The fourth-order valence-corrected chi connectivity index (χ4v) is 2.85. The first-order chi connectivity index (χ1) is 14.8. The topological polar surface area (TPSA) is 86.7 Å². The van der Waals surface area contributed by atoms with Gasteiger partial charge in [0.25, 0.3) is 0 Å². The minimum absolute atomic E-state index is 0.00320. The van der Waals surface area contributed by atoms with Crippen LogP contribution in [-0.4, -0.2) is 25.7 Å². The van der Waals surface area contributed by atoms with Gasteiger partial charge in [-0.1, -0.05) is 17.7 Å². The van der Waals surface area contributed by atoms with Crippen molar-refractivity contribution in [3.05, 3.63) is 70.3 Å². The zero-order valence-corrected chi connectivity index (χ0v) is 16.5. The molecular weight excluding hydrogens is 464 g/mol. The van der Waals surface area contributed by atoms with E-state index in [1.807, 2.05) is 0 Å². The van der Waals surface area contributed by atoms with Gasteiger partial charge in [-0.3, -0.25) is 4.79 Å². The average Bonchev–Trinajstić information content (AvgIpc) is 3.16. The van der Waals surface area contributed by atoms with Crippen molar-refractivity contribution < 1.29 is 31.1 Å². The number of alkyl halides is 6. The quantitative estimate of drug-likeness (QED) is 0.332. The molecule has 3 aromatic rings. The van der Waals surface area contributed by atoms with E-state index in [9.17, 15) is 31.1 Å². The monoisotopic (exact) mass is 475 g/mol. The van der Waals surface area contributed by atoms with E-state index in [-0.39, 0.29) is 23.2 Å². The molecule has 6 nitrogen and oxygen atoms in total. The molecule has 2 heterocycles. The maximum Gasteiger partial charge on any atom is 0.416 e. The molecule has 0 spiro atoms. The van der Waals surface area contributed by atoms with Crippen molar-refractivity contribution in [2.75, 3.05) is 0 Å². The van der Waals surface area contributed by atoms with Crippen molar-refractivity contribution >= 4 is 23.7 Å². The van der Waals surface area contributed by atoms with Gasteiger partial charge in [-0.25, -0.2) is 14.6 Å². The Morgan fingerprint density at radius 1 is 1.06 bits per heavy atom. The molecule has 0 aliphatic rings. The van der Waals surface area contributed by atoms with Gasteiger partial charge < -0.3 is 5.73 Å². The summed E-state index contributed by atoms with van der Waals surface area (Å²) in [4.78, 5) is 19.4. The summed E-state index contributed by atoms with van der Waals surface area (Å²) < 4.78 is 79.4. The highest BCUT2D eigenvalue weighted by Crippen LogP contribution is 2.38. The van der Waals surface area contributed by atoms with Gasteiger partial charge in [-0.15, -0.1) is 5.10 Å². The van der Waals surface area contributed by atoms with Crippen LogP contribution < -0.4 is 5.73 Å². The normalized spacial score (nSPS) is 12.8. The second-order valence-corrected chi connectivity index (χ2v) is 6.85. The molecule has 0 aliphatic carbocycles. The number of carbonyl (C=O) groups excluding carboxylic acids is 1. The number of rotatable bonds is 5. The second-order valence-electron chi connectivity index (χ2n) is 6.49. The summed E-state index contributed by atoms with van der Waals surface area (Å²) in [6, 6.07) is 4.19.